The molecule has 0 aromatic carbocycles. The molecule has 0 spiro atoms. The summed E-state index contributed by atoms with van der Waals surface area (Å²) in [6.45, 7) is 18.6. The number of hydrogen-bond acceptors (Lipinski definition) is 2. The van der Waals surface area contributed by atoms with Gasteiger partial charge in [0.25, 0.3) is 0 Å². The summed E-state index contributed by atoms with van der Waals surface area (Å²) in [7, 11) is 0. The molecule has 0 fully saturated rings. The van der Waals surface area contributed by atoms with Crippen molar-refractivity contribution in [3.8, 4) is 0 Å². The second-order valence-corrected chi connectivity index (χ2v) is 6.65. The predicted molar refractivity (Wildman–Crippen MR) is 87.7 cm³/mol. The smallest absolute Gasteiger partial charge is 0.0220 e. The Kier molecular flexibility index (Phi) is 11.7. The first-order chi connectivity index (χ1) is 9.01. The van der Waals surface area contributed by atoms with Gasteiger partial charge in [0.05, 0.1) is 0 Å². The average Bonchev–Trinajstić information content (AvgIpc) is 2.34. The number of hydrogen-bond donors (Lipinski definition) is 1. The van der Waals surface area contributed by atoms with Gasteiger partial charge in [-0.15, -0.1) is 0 Å². The fraction of sp³-hybridized carbons (Fsp3) is 1.00. The van der Waals surface area contributed by atoms with E-state index in [1.807, 2.05) is 0 Å². The molecule has 2 nitrogen and oxygen atoms in total. The largest absolute Gasteiger partial charge is 0.315 e. The fourth-order valence-corrected chi connectivity index (χ4v) is 2.38. The third kappa shape index (κ3) is 10.4. The van der Waals surface area contributed by atoms with Crippen LogP contribution in [0.2, 0.25) is 0 Å². The van der Waals surface area contributed by atoms with Crippen LogP contribution in [0.1, 0.15) is 67.2 Å². The first kappa shape index (κ1) is 18.9. The third-order valence-electron chi connectivity index (χ3n) is 3.76. The molecule has 1 N–H and O–H groups in total. The second kappa shape index (κ2) is 11.7. The second-order valence-electron chi connectivity index (χ2n) is 6.65. The Morgan fingerprint density at radius 1 is 0.842 bits per heavy atom. The molecule has 116 valence electrons. The Labute approximate surface area is 122 Å². The molecule has 0 saturated heterocycles. The summed E-state index contributed by atoms with van der Waals surface area (Å²) in [5, 5.41) is 3.55. The maximum Gasteiger partial charge on any atom is 0.0220 e. The summed E-state index contributed by atoms with van der Waals surface area (Å²) in [4.78, 5) is 2.74. The van der Waals surface area contributed by atoms with Crippen LogP contribution in [-0.2, 0) is 0 Å². The maximum absolute atomic E-state index is 3.55. The van der Waals surface area contributed by atoms with E-state index in [1.165, 1.54) is 38.8 Å². The standard InChI is InChI=1S/C17H38N2/c1-7-9-17(14-18-8-2)19(12-10-15(3)4)13-11-16(5)6/h15-18H,7-14H2,1-6H3. The van der Waals surface area contributed by atoms with Crippen LogP contribution < -0.4 is 5.32 Å². The lowest BCUT2D eigenvalue weighted by Gasteiger charge is -2.33. The topological polar surface area (TPSA) is 15.3 Å². The van der Waals surface area contributed by atoms with Gasteiger partial charge in [-0.2, -0.15) is 0 Å². The Balaban J connectivity index is 4.42. The van der Waals surface area contributed by atoms with Crippen molar-refractivity contribution in [2.24, 2.45) is 11.8 Å². The third-order valence-corrected chi connectivity index (χ3v) is 3.76. The number of rotatable bonds is 12. The van der Waals surface area contributed by atoms with Crippen LogP contribution in [0.25, 0.3) is 0 Å². The van der Waals surface area contributed by atoms with E-state index in [9.17, 15) is 0 Å². The summed E-state index contributed by atoms with van der Waals surface area (Å²) < 4.78 is 0. The maximum atomic E-state index is 3.55. The van der Waals surface area contributed by atoms with E-state index in [0.717, 1.165) is 31.0 Å². The van der Waals surface area contributed by atoms with Gasteiger partial charge in [0.1, 0.15) is 0 Å². The van der Waals surface area contributed by atoms with Gasteiger partial charge in [-0.25, -0.2) is 0 Å². The van der Waals surface area contributed by atoms with Crippen LogP contribution in [0.5, 0.6) is 0 Å². The van der Waals surface area contributed by atoms with Crippen molar-refractivity contribution in [3.05, 3.63) is 0 Å². The molecule has 1 unspecified atom stereocenters. The minimum Gasteiger partial charge on any atom is -0.315 e. The van der Waals surface area contributed by atoms with Crippen LogP contribution in [0.4, 0.5) is 0 Å². The highest BCUT2D eigenvalue weighted by molar-refractivity contribution is 4.75. The molecule has 0 aliphatic rings. The summed E-state index contributed by atoms with van der Waals surface area (Å²) in [5.41, 5.74) is 0. The zero-order chi connectivity index (χ0) is 14.7. The van der Waals surface area contributed by atoms with Gasteiger partial charge in [-0.1, -0.05) is 48.0 Å². The molecule has 0 bridgehead atoms. The summed E-state index contributed by atoms with van der Waals surface area (Å²) in [6.07, 6.45) is 5.26. The molecule has 1 atom stereocenters. The van der Waals surface area contributed by atoms with Gasteiger partial charge in [0.2, 0.25) is 0 Å². The Morgan fingerprint density at radius 2 is 1.37 bits per heavy atom. The first-order valence-electron chi connectivity index (χ1n) is 8.45. The Hall–Kier alpha value is -0.0800. The summed E-state index contributed by atoms with van der Waals surface area (Å²) in [6, 6.07) is 0.724. The molecule has 0 aliphatic heterocycles. The van der Waals surface area contributed by atoms with Gasteiger partial charge in [-0.05, 0) is 50.7 Å². The van der Waals surface area contributed by atoms with Crippen molar-refractivity contribution < 1.29 is 0 Å². The molecule has 0 saturated carbocycles. The molecule has 0 radical (unpaired) electrons. The predicted octanol–water partition coefficient (Wildman–Crippen LogP) is 4.16. The molecule has 2 heteroatoms. The molecule has 0 aromatic heterocycles. The molecular weight excluding hydrogens is 232 g/mol. The van der Waals surface area contributed by atoms with Crippen LogP contribution in [-0.4, -0.2) is 37.1 Å². The number of likely N-dealkylation sites (N-methyl/N-ethyl adjacent to an activating group) is 1. The lowest BCUT2D eigenvalue weighted by molar-refractivity contribution is 0.164. The van der Waals surface area contributed by atoms with Crippen LogP contribution in [0.3, 0.4) is 0 Å². The fourth-order valence-electron chi connectivity index (χ4n) is 2.38. The highest BCUT2D eigenvalue weighted by atomic mass is 15.2. The quantitative estimate of drug-likeness (QED) is 0.573. The van der Waals surface area contributed by atoms with Crippen molar-refractivity contribution in [1.29, 1.82) is 0 Å². The van der Waals surface area contributed by atoms with Crippen molar-refractivity contribution in [1.82, 2.24) is 10.2 Å². The van der Waals surface area contributed by atoms with Crippen molar-refractivity contribution in [2.75, 3.05) is 26.2 Å². The Bertz CT molecular complexity index is 178. The van der Waals surface area contributed by atoms with E-state index in [2.05, 4.69) is 51.8 Å². The Morgan fingerprint density at radius 3 is 1.74 bits per heavy atom. The highest BCUT2D eigenvalue weighted by Crippen LogP contribution is 2.13. The molecule has 0 heterocycles. The van der Waals surface area contributed by atoms with E-state index in [0.29, 0.717) is 0 Å². The average molecular weight is 271 g/mol. The van der Waals surface area contributed by atoms with Gasteiger partial charge in [0.15, 0.2) is 0 Å². The number of nitrogens with one attached hydrogen (secondary N) is 1. The monoisotopic (exact) mass is 270 g/mol. The van der Waals surface area contributed by atoms with Gasteiger partial charge < -0.3 is 5.32 Å². The summed E-state index contributed by atoms with van der Waals surface area (Å²) >= 11 is 0. The molecule has 0 aromatic rings. The van der Waals surface area contributed by atoms with Gasteiger partial charge in [0, 0.05) is 12.6 Å². The van der Waals surface area contributed by atoms with E-state index in [4.69, 9.17) is 0 Å². The van der Waals surface area contributed by atoms with Crippen molar-refractivity contribution in [3.63, 3.8) is 0 Å². The normalized spacial score (nSPS) is 13.7. The van der Waals surface area contributed by atoms with E-state index < -0.39 is 0 Å². The molecule has 0 amide bonds. The molecular formula is C17H38N2. The van der Waals surface area contributed by atoms with Crippen LogP contribution >= 0.6 is 0 Å². The van der Waals surface area contributed by atoms with Crippen molar-refractivity contribution >= 4 is 0 Å². The molecule has 0 rings (SSSR count). The van der Waals surface area contributed by atoms with Crippen LogP contribution in [0.15, 0.2) is 0 Å². The van der Waals surface area contributed by atoms with Crippen LogP contribution in [0, 0.1) is 11.8 Å². The molecule has 19 heavy (non-hydrogen) atoms. The van der Waals surface area contributed by atoms with Gasteiger partial charge >= 0.3 is 0 Å². The lowest BCUT2D eigenvalue weighted by Crippen LogP contribution is -2.44. The van der Waals surface area contributed by atoms with E-state index in [1.54, 1.807) is 0 Å². The minimum atomic E-state index is 0.724. The number of nitrogens with zero attached hydrogens (tertiary/aromatic N) is 1. The van der Waals surface area contributed by atoms with E-state index >= 15 is 0 Å². The van der Waals surface area contributed by atoms with E-state index in [-0.39, 0.29) is 0 Å². The zero-order valence-electron chi connectivity index (χ0n) is 14.3. The van der Waals surface area contributed by atoms with Crippen molar-refractivity contribution in [2.45, 2.75) is 73.3 Å². The minimum absolute atomic E-state index is 0.724. The lowest BCUT2D eigenvalue weighted by atomic mass is 10.0. The van der Waals surface area contributed by atoms with Gasteiger partial charge in [-0.3, -0.25) is 4.90 Å². The zero-order valence-corrected chi connectivity index (χ0v) is 14.3. The summed E-state index contributed by atoms with van der Waals surface area (Å²) in [5.74, 6) is 1.62. The molecule has 0 aliphatic carbocycles. The first-order valence-corrected chi connectivity index (χ1v) is 8.45. The highest BCUT2D eigenvalue weighted by Gasteiger charge is 2.17. The SMILES string of the molecule is CCCC(CNCC)N(CCC(C)C)CCC(C)C.